The average Bonchev–Trinajstić information content (AvgIpc) is 2.35. The number of nitrogens with one attached hydrogen (secondary N) is 1. The smallest absolute Gasteiger partial charge is 0.131 e. The minimum atomic E-state index is 0.166. The maximum atomic E-state index is 11.2. The van der Waals surface area contributed by atoms with Gasteiger partial charge in [0.15, 0.2) is 0 Å². The van der Waals surface area contributed by atoms with Crippen LogP contribution in [0.3, 0.4) is 0 Å². The van der Waals surface area contributed by atoms with E-state index >= 15 is 0 Å². The van der Waals surface area contributed by atoms with E-state index in [0.717, 1.165) is 0 Å². The average molecular weight is 231 g/mol. The molecule has 0 aliphatic heterocycles. The molecule has 0 spiro atoms. The summed E-state index contributed by atoms with van der Waals surface area (Å²) in [6.45, 7) is 1.66. The Kier molecular flexibility index (Phi) is 3.95. The van der Waals surface area contributed by atoms with E-state index in [0.29, 0.717) is 6.42 Å². The molecule has 0 aromatic heterocycles. The van der Waals surface area contributed by atoms with Crippen LogP contribution in [0.25, 0.3) is 0 Å². The van der Waals surface area contributed by atoms with Crippen LogP contribution in [-0.2, 0) is 17.6 Å². The number of fused-ring (bicyclic) bond motifs is 1. The van der Waals surface area contributed by atoms with Crippen LogP contribution < -0.4 is 5.32 Å². The highest BCUT2D eigenvalue weighted by atomic mass is 16.1. The molecule has 1 aliphatic carbocycles. The molecule has 17 heavy (non-hydrogen) atoms. The Morgan fingerprint density at radius 3 is 2.65 bits per heavy atom. The monoisotopic (exact) mass is 231 g/mol. The van der Waals surface area contributed by atoms with Gasteiger partial charge in [-0.3, -0.25) is 4.79 Å². The molecule has 2 nitrogen and oxygen atoms in total. The Hall–Kier alpha value is -1.15. The van der Waals surface area contributed by atoms with Gasteiger partial charge in [0, 0.05) is 12.5 Å². The van der Waals surface area contributed by atoms with Crippen molar-refractivity contribution in [2.45, 2.75) is 45.1 Å². The van der Waals surface area contributed by atoms with Crippen molar-refractivity contribution in [2.75, 3.05) is 7.05 Å². The highest BCUT2D eigenvalue weighted by Gasteiger charge is 2.15. The van der Waals surface area contributed by atoms with Gasteiger partial charge in [-0.1, -0.05) is 18.2 Å². The van der Waals surface area contributed by atoms with E-state index in [-0.39, 0.29) is 11.8 Å². The molecule has 1 aromatic rings. The predicted molar refractivity (Wildman–Crippen MR) is 70.2 cm³/mol. The zero-order valence-corrected chi connectivity index (χ0v) is 10.8. The molecule has 0 radical (unpaired) electrons. The van der Waals surface area contributed by atoms with Gasteiger partial charge < -0.3 is 5.32 Å². The van der Waals surface area contributed by atoms with Crippen molar-refractivity contribution in [1.29, 1.82) is 0 Å². The molecule has 1 aliphatic rings. The Morgan fingerprint density at radius 2 is 2.00 bits per heavy atom. The topological polar surface area (TPSA) is 29.1 Å². The van der Waals surface area contributed by atoms with E-state index < -0.39 is 0 Å². The van der Waals surface area contributed by atoms with Gasteiger partial charge in [0.25, 0.3) is 0 Å². The van der Waals surface area contributed by atoms with Gasteiger partial charge in [-0.25, -0.2) is 0 Å². The van der Waals surface area contributed by atoms with E-state index in [1.807, 2.05) is 7.05 Å². The normalized spacial score (nSPS) is 16.4. The van der Waals surface area contributed by atoms with E-state index in [1.165, 1.54) is 42.4 Å². The van der Waals surface area contributed by atoms with Crippen molar-refractivity contribution in [3.8, 4) is 0 Å². The third kappa shape index (κ3) is 2.95. The number of carbonyl (C=O) groups excluding carboxylic acids is 1. The fourth-order valence-corrected chi connectivity index (χ4v) is 2.64. The van der Waals surface area contributed by atoms with Crippen molar-refractivity contribution in [3.05, 3.63) is 34.9 Å². The third-order valence-electron chi connectivity index (χ3n) is 3.61. The van der Waals surface area contributed by atoms with Crippen molar-refractivity contribution in [1.82, 2.24) is 5.32 Å². The van der Waals surface area contributed by atoms with Gasteiger partial charge in [-0.15, -0.1) is 0 Å². The van der Waals surface area contributed by atoms with Crippen LogP contribution in [0.2, 0.25) is 0 Å². The fourth-order valence-electron chi connectivity index (χ4n) is 2.64. The molecule has 1 aromatic carbocycles. The molecule has 2 rings (SSSR count). The van der Waals surface area contributed by atoms with E-state index in [1.54, 1.807) is 6.92 Å². The second-order valence-electron chi connectivity index (χ2n) is 4.98. The molecule has 1 N–H and O–H groups in total. The molecule has 1 atom stereocenters. The highest BCUT2D eigenvalue weighted by Crippen LogP contribution is 2.25. The molecular formula is C15H21NO. The maximum absolute atomic E-state index is 11.2. The lowest BCUT2D eigenvalue weighted by Crippen LogP contribution is -2.19. The summed E-state index contributed by atoms with van der Waals surface area (Å²) in [6.07, 6.45) is 5.60. The second-order valence-corrected chi connectivity index (χ2v) is 4.98. The Labute approximate surface area is 103 Å². The molecular weight excluding hydrogens is 210 g/mol. The minimum Gasteiger partial charge on any atom is -0.313 e. The van der Waals surface area contributed by atoms with Gasteiger partial charge in [-0.05, 0) is 56.3 Å². The lowest BCUT2D eigenvalue weighted by molar-refractivity contribution is -0.117. The summed E-state index contributed by atoms with van der Waals surface area (Å²) < 4.78 is 0. The molecule has 92 valence electrons. The van der Waals surface area contributed by atoms with Crippen molar-refractivity contribution in [3.63, 3.8) is 0 Å². The largest absolute Gasteiger partial charge is 0.313 e. The number of aryl methyl sites for hydroxylation is 2. The molecule has 0 saturated carbocycles. The zero-order chi connectivity index (χ0) is 12.3. The summed E-state index contributed by atoms with van der Waals surface area (Å²) in [6, 6.07) is 6.88. The Balaban J connectivity index is 2.22. The quantitative estimate of drug-likeness (QED) is 0.863. The van der Waals surface area contributed by atoms with Crippen LogP contribution in [0.4, 0.5) is 0 Å². The SMILES string of the molecule is CNC(CC(C)=O)c1ccc2c(c1)CCCC2. The first-order valence-corrected chi connectivity index (χ1v) is 6.49. The first kappa shape index (κ1) is 12.3. The maximum Gasteiger partial charge on any atom is 0.131 e. The molecule has 1 unspecified atom stereocenters. The van der Waals surface area contributed by atoms with E-state index in [9.17, 15) is 4.79 Å². The summed E-state index contributed by atoms with van der Waals surface area (Å²) in [5.41, 5.74) is 4.23. The summed E-state index contributed by atoms with van der Waals surface area (Å²) in [5, 5.41) is 3.24. The number of rotatable bonds is 4. The number of hydrogen-bond acceptors (Lipinski definition) is 2. The van der Waals surface area contributed by atoms with Gasteiger partial charge in [0.05, 0.1) is 0 Å². The van der Waals surface area contributed by atoms with Gasteiger partial charge in [-0.2, -0.15) is 0 Å². The lowest BCUT2D eigenvalue weighted by atomic mass is 9.88. The molecule has 0 bridgehead atoms. The lowest BCUT2D eigenvalue weighted by Gasteiger charge is -2.20. The van der Waals surface area contributed by atoms with Crippen molar-refractivity contribution < 1.29 is 4.79 Å². The predicted octanol–water partition coefficient (Wildman–Crippen LogP) is 2.81. The molecule has 0 amide bonds. The standard InChI is InChI=1S/C15H21NO/c1-11(17)9-15(16-2)14-8-7-12-5-3-4-6-13(12)10-14/h7-8,10,15-16H,3-6,9H2,1-2H3. The highest BCUT2D eigenvalue weighted by molar-refractivity contribution is 5.76. The number of carbonyl (C=O) groups is 1. The zero-order valence-electron chi connectivity index (χ0n) is 10.8. The summed E-state index contributed by atoms with van der Waals surface area (Å²) in [5.74, 6) is 0.238. The first-order chi connectivity index (χ1) is 8.20. The summed E-state index contributed by atoms with van der Waals surface area (Å²) in [7, 11) is 1.92. The summed E-state index contributed by atoms with van der Waals surface area (Å²) >= 11 is 0. The van der Waals surface area contributed by atoms with Gasteiger partial charge >= 0.3 is 0 Å². The van der Waals surface area contributed by atoms with Crippen LogP contribution in [0.15, 0.2) is 18.2 Å². The van der Waals surface area contributed by atoms with E-state index in [2.05, 4.69) is 23.5 Å². The Morgan fingerprint density at radius 1 is 1.29 bits per heavy atom. The third-order valence-corrected chi connectivity index (χ3v) is 3.61. The van der Waals surface area contributed by atoms with Gasteiger partial charge in [0.1, 0.15) is 5.78 Å². The summed E-state index contributed by atoms with van der Waals surface area (Å²) in [4.78, 5) is 11.2. The van der Waals surface area contributed by atoms with Crippen LogP contribution in [0, 0.1) is 0 Å². The molecule has 0 saturated heterocycles. The minimum absolute atomic E-state index is 0.166. The first-order valence-electron chi connectivity index (χ1n) is 6.49. The van der Waals surface area contributed by atoms with Crippen LogP contribution >= 0.6 is 0 Å². The van der Waals surface area contributed by atoms with Gasteiger partial charge in [0.2, 0.25) is 0 Å². The molecule has 0 fully saturated rings. The Bertz CT molecular complexity index is 411. The number of Topliss-reactive ketones (excluding diaryl/α,β-unsaturated/α-hetero) is 1. The number of benzene rings is 1. The fraction of sp³-hybridized carbons (Fsp3) is 0.533. The number of ketones is 1. The molecule has 0 heterocycles. The van der Waals surface area contributed by atoms with Crippen LogP contribution in [0.1, 0.15) is 48.9 Å². The van der Waals surface area contributed by atoms with E-state index in [4.69, 9.17) is 0 Å². The van der Waals surface area contributed by atoms with Crippen molar-refractivity contribution in [2.24, 2.45) is 0 Å². The second kappa shape index (κ2) is 5.46. The molecule has 2 heteroatoms. The van der Waals surface area contributed by atoms with Crippen LogP contribution in [0.5, 0.6) is 0 Å². The number of hydrogen-bond donors (Lipinski definition) is 1. The van der Waals surface area contributed by atoms with Crippen molar-refractivity contribution >= 4 is 5.78 Å². The van der Waals surface area contributed by atoms with Crippen LogP contribution in [-0.4, -0.2) is 12.8 Å².